The number of nitrogens with zero attached hydrogens (tertiary/aromatic N) is 1. The predicted octanol–water partition coefficient (Wildman–Crippen LogP) is 1.88. The Balaban J connectivity index is 2.11. The maximum absolute atomic E-state index is 12.4. The Hall–Kier alpha value is -0.910. The number of carbonyl (C=O) groups is 1. The van der Waals surface area contributed by atoms with Crippen LogP contribution in [0.2, 0.25) is 0 Å². The van der Waals surface area contributed by atoms with Gasteiger partial charge in [0.1, 0.15) is 6.10 Å². The second-order valence-corrected chi connectivity index (χ2v) is 7.05. The van der Waals surface area contributed by atoms with Crippen molar-refractivity contribution in [3.05, 3.63) is 21.9 Å². The summed E-state index contributed by atoms with van der Waals surface area (Å²) in [6.07, 6.45) is -0.859. The number of methoxy groups -OCH3 is 1. The summed E-state index contributed by atoms with van der Waals surface area (Å²) in [5.74, 6) is -0.0147. The number of aliphatic hydroxyl groups is 1. The van der Waals surface area contributed by atoms with Crippen LogP contribution >= 0.6 is 11.3 Å². The van der Waals surface area contributed by atoms with Gasteiger partial charge in [0.15, 0.2) is 0 Å². The molecule has 1 fully saturated rings. The number of likely N-dealkylation sites (tertiary alicyclic amines) is 1. The lowest BCUT2D eigenvalue weighted by Gasteiger charge is -2.16. The van der Waals surface area contributed by atoms with E-state index >= 15 is 0 Å². The Morgan fingerprint density at radius 3 is 2.58 bits per heavy atom. The van der Waals surface area contributed by atoms with E-state index in [0.717, 1.165) is 4.88 Å². The van der Waals surface area contributed by atoms with Gasteiger partial charge in [0.2, 0.25) is 0 Å². The van der Waals surface area contributed by atoms with Gasteiger partial charge in [0, 0.05) is 25.1 Å². The lowest BCUT2D eigenvalue weighted by Crippen LogP contribution is -2.29. The van der Waals surface area contributed by atoms with E-state index in [0.29, 0.717) is 13.1 Å². The first-order valence-corrected chi connectivity index (χ1v) is 7.25. The Labute approximate surface area is 118 Å². The summed E-state index contributed by atoms with van der Waals surface area (Å²) in [6, 6.07) is 3.89. The summed E-state index contributed by atoms with van der Waals surface area (Å²) < 4.78 is 5.16. The molecule has 0 aromatic carbocycles. The minimum atomic E-state index is -0.587. The number of aliphatic hydroxyl groups excluding tert-OH is 1. The van der Waals surface area contributed by atoms with Gasteiger partial charge in [-0.05, 0) is 17.5 Å². The summed E-state index contributed by atoms with van der Waals surface area (Å²) >= 11 is 1.53. The quantitative estimate of drug-likeness (QED) is 0.901. The van der Waals surface area contributed by atoms with E-state index in [9.17, 15) is 9.90 Å². The SMILES string of the molecule is COC1CN(C(=O)c2ccc(C(C)(C)C)s2)CC1O. The highest BCUT2D eigenvalue weighted by atomic mass is 32.1. The number of amides is 1. The number of β-amino-alcohol motifs (C(OH)–C–C–N with tert-alkyl or cyclic N) is 1. The van der Waals surface area contributed by atoms with E-state index in [1.54, 1.807) is 12.0 Å². The Kier molecular flexibility index (Phi) is 3.99. The van der Waals surface area contributed by atoms with Crippen molar-refractivity contribution < 1.29 is 14.6 Å². The molecule has 0 bridgehead atoms. The van der Waals surface area contributed by atoms with Gasteiger partial charge in [-0.15, -0.1) is 11.3 Å². The van der Waals surface area contributed by atoms with Gasteiger partial charge in [-0.2, -0.15) is 0 Å². The molecule has 0 spiro atoms. The number of ether oxygens (including phenoxy) is 1. The van der Waals surface area contributed by atoms with E-state index in [4.69, 9.17) is 4.74 Å². The number of thiophene rings is 1. The molecule has 1 aliphatic heterocycles. The molecule has 5 heteroatoms. The van der Waals surface area contributed by atoms with Gasteiger partial charge in [-0.1, -0.05) is 20.8 Å². The zero-order valence-electron chi connectivity index (χ0n) is 11.8. The fourth-order valence-electron chi connectivity index (χ4n) is 2.17. The summed E-state index contributed by atoms with van der Waals surface area (Å²) in [5, 5.41) is 9.77. The van der Waals surface area contributed by atoms with Crippen molar-refractivity contribution >= 4 is 17.2 Å². The highest BCUT2D eigenvalue weighted by Crippen LogP contribution is 2.30. The topological polar surface area (TPSA) is 49.8 Å². The molecule has 1 N–H and O–H groups in total. The molecule has 2 heterocycles. The van der Waals surface area contributed by atoms with Crippen molar-refractivity contribution in [1.82, 2.24) is 4.90 Å². The number of rotatable bonds is 2. The first-order valence-electron chi connectivity index (χ1n) is 6.43. The number of hydrogen-bond acceptors (Lipinski definition) is 4. The molecule has 106 valence electrons. The Morgan fingerprint density at radius 2 is 2.11 bits per heavy atom. The summed E-state index contributed by atoms with van der Waals surface area (Å²) in [7, 11) is 1.56. The smallest absolute Gasteiger partial charge is 0.264 e. The monoisotopic (exact) mass is 283 g/mol. The molecule has 0 radical (unpaired) electrons. The van der Waals surface area contributed by atoms with Gasteiger partial charge in [-0.3, -0.25) is 4.79 Å². The molecule has 1 aromatic heterocycles. The number of hydrogen-bond donors (Lipinski definition) is 1. The van der Waals surface area contributed by atoms with Crippen molar-refractivity contribution in [3.8, 4) is 0 Å². The zero-order chi connectivity index (χ0) is 14.2. The molecule has 1 aromatic rings. The van der Waals surface area contributed by atoms with Crippen molar-refractivity contribution in [2.75, 3.05) is 20.2 Å². The summed E-state index contributed by atoms with van der Waals surface area (Å²) in [5.41, 5.74) is 0.0583. The van der Waals surface area contributed by atoms with Crippen LogP contribution in [0.4, 0.5) is 0 Å². The fraction of sp³-hybridized carbons (Fsp3) is 0.643. The number of carbonyl (C=O) groups excluding carboxylic acids is 1. The Bertz CT molecular complexity index is 464. The predicted molar refractivity (Wildman–Crippen MR) is 75.7 cm³/mol. The van der Waals surface area contributed by atoms with Crippen LogP contribution in [0.3, 0.4) is 0 Å². The third-order valence-electron chi connectivity index (χ3n) is 3.38. The van der Waals surface area contributed by atoms with Crippen molar-refractivity contribution in [1.29, 1.82) is 0 Å². The lowest BCUT2D eigenvalue weighted by molar-refractivity contribution is 0.0215. The maximum atomic E-state index is 12.4. The maximum Gasteiger partial charge on any atom is 0.264 e. The second-order valence-electron chi connectivity index (χ2n) is 5.97. The van der Waals surface area contributed by atoms with Gasteiger partial charge in [-0.25, -0.2) is 0 Å². The summed E-state index contributed by atoms with van der Waals surface area (Å²) in [6.45, 7) is 7.20. The van der Waals surface area contributed by atoms with Gasteiger partial charge >= 0.3 is 0 Å². The third kappa shape index (κ3) is 2.99. The molecule has 4 nitrogen and oxygen atoms in total. The molecule has 1 aliphatic rings. The average Bonchev–Trinajstić information content (AvgIpc) is 2.93. The molecule has 0 saturated carbocycles. The first-order chi connectivity index (χ1) is 8.82. The van der Waals surface area contributed by atoms with E-state index in [1.807, 2.05) is 12.1 Å². The zero-order valence-corrected chi connectivity index (χ0v) is 12.7. The van der Waals surface area contributed by atoms with Crippen LogP contribution in [0.1, 0.15) is 35.3 Å². The van der Waals surface area contributed by atoms with Crippen molar-refractivity contribution in [2.24, 2.45) is 0 Å². The molecule has 2 rings (SSSR count). The van der Waals surface area contributed by atoms with Crippen LogP contribution in [-0.4, -0.2) is 48.3 Å². The largest absolute Gasteiger partial charge is 0.388 e. The molecule has 1 saturated heterocycles. The average molecular weight is 283 g/mol. The second kappa shape index (κ2) is 5.23. The molecule has 2 unspecified atom stereocenters. The van der Waals surface area contributed by atoms with E-state index in [2.05, 4.69) is 20.8 Å². The molecule has 2 atom stereocenters. The van der Waals surface area contributed by atoms with Gasteiger partial charge in [0.25, 0.3) is 5.91 Å². The highest BCUT2D eigenvalue weighted by Gasteiger charge is 2.35. The summed E-state index contributed by atoms with van der Waals surface area (Å²) in [4.78, 5) is 16.0. The normalized spacial score (nSPS) is 23.9. The molecular weight excluding hydrogens is 262 g/mol. The van der Waals surface area contributed by atoms with E-state index in [1.165, 1.54) is 16.2 Å². The van der Waals surface area contributed by atoms with E-state index < -0.39 is 6.10 Å². The van der Waals surface area contributed by atoms with Gasteiger partial charge in [0.05, 0.1) is 11.0 Å². The molecule has 19 heavy (non-hydrogen) atoms. The minimum absolute atomic E-state index is 0.0147. The van der Waals surface area contributed by atoms with Crippen LogP contribution in [0.15, 0.2) is 12.1 Å². The van der Waals surface area contributed by atoms with Crippen LogP contribution in [-0.2, 0) is 10.2 Å². The Morgan fingerprint density at radius 1 is 1.42 bits per heavy atom. The van der Waals surface area contributed by atoms with Crippen molar-refractivity contribution in [3.63, 3.8) is 0 Å². The molecule has 0 aliphatic carbocycles. The van der Waals surface area contributed by atoms with Crippen LogP contribution in [0.25, 0.3) is 0 Å². The van der Waals surface area contributed by atoms with Crippen LogP contribution in [0.5, 0.6) is 0 Å². The third-order valence-corrected chi connectivity index (χ3v) is 4.88. The highest BCUT2D eigenvalue weighted by molar-refractivity contribution is 7.14. The van der Waals surface area contributed by atoms with Crippen LogP contribution < -0.4 is 0 Å². The van der Waals surface area contributed by atoms with Crippen molar-refractivity contribution in [2.45, 2.75) is 38.4 Å². The first kappa shape index (κ1) is 14.5. The molecule has 1 amide bonds. The van der Waals surface area contributed by atoms with Crippen LogP contribution in [0, 0.1) is 0 Å². The van der Waals surface area contributed by atoms with E-state index in [-0.39, 0.29) is 17.4 Å². The fourth-order valence-corrected chi connectivity index (χ4v) is 3.20. The standard InChI is InChI=1S/C14H21NO3S/c1-14(2,3)12-6-5-11(19-12)13(17)15-7-9(16)10(8-15)18-4/h5-6,9-10,16H,7-8H2,1-4H3. The minimum Gasteiger partial charge on any atom is -0.388 e. The lowest BCUT2D eigenvalue weighted by atomic mass is 9.95. The molecular formula is C14H21NO3S. The van der Waals surface area contributed by atoms with Gasteiger partial charge < -0.3 is 14.7 Å².